The molecule has 0 saturated heterocycles. The lowest BCUT2D eigenvalue weighted by Crippen LogP contribution is -2.13. The lowest BCUT2D eigenvalue weighted by atomic mass is 9.87. The molecule has 1 heterocycles. The van der Waals surface area contributed by atoms with Crippen molar-refractivity contribution in [2.75, 3.05) is 0 Å². The fourth-order valence-corrected chi connectivity index (χ4v) is 1.95. The first-order valence-corrected chi connectivity index (χ1v) is 7.10. The van der Waals surface area contributed by atoms with E-state index in [4.69, 9.17) is 22.7 Å². The Morgan fingerprint density at radius 2 is 1.76 bits per heavy atom. The molecule has 1 aromatic carbocycles. The number of aryl methyl sites for hydroxylation is 1. The molecule has 0 unspecified atom stereocenters. The standard InChI is InChI=1S/C16H19N3OS/c1-10-9-13(14(17)21)19-15(18-10)20-12-7-5-11(6-8-12)16(2,3)4/h5-9H,1-4H3,(H2,17,21). The van der Waals surface area contributed by atoms with E-state index in [2.05, 4.69) is 30.7 Å². The number of thiocarbonyl (C=S) groups is 1. The number of hydrogen-bond donors (Lipinski definition) is 1. The van der Waals surface area contributed by atoms with Gasteiger partial charge in [-0.3, -0.25) is 0 Å². The van der Waals surface area contributed by atoms with Crippen LogP contribution in [0.25, 0.3) is 0 Å². The Hall–Kier alpha value is -2.01. The molecule has 2 N–H and O–H groups in total. The molecule has 0 bridgehead atoms. The molecule has 0 amide bonds. The highest BCUT2D eigenvalue weighted by Crippen LogP contribution is 2.26. The molecule has 0 saturated carbocycles. The van der Waals surface area contributed by atoms with Crippen LogP contribution in [0.15, 0.2) is 30.3 Å². The molecule has 5 heteroatoms. The number of nitrogens with two attached hydrogens (primary N) is 1. The third kappa shape index (κ3) is 3.98. The van der Waals surface area contributed by atoms with Gasteiger partial charge in [-0.2, -0.15) is 4.98 Å². The number of hydrogen-bond acceptors (Lipinski definition) is 4. The second-order valence-corrected chi connectivity index (χ2v) is 6.36. The number of ether oxygens (including phenoxy) is 1. The summed E-state index contributed by atoms with van der Waals surface area (Å²) in [5.41, 5.74) is 8.22. The molecule has 2 rings (SSSR count). The molecule has 0 atom stereocenters. The fourth-order valence-electron chi connectivity index (χ4n) is 1.84. The lowest BCUT2D eigenvalue weighted by Gasteiger charge is -2.19. The molecule has 0 aliphatic carbocycles. The van der Waals surface area contributed by atoms with Crippen molar-refractivity contribution in [3.8, 4) is 11.8 Å². The van der Waals surface area contributed by atoms with Gasteiger partial charge in [0.25, 0.3) is 0 Å². The van der Waals surface area contributed by atoms with Gasteiger partial charge in [0.2, 0.25) is 0 Å². The highest BCUT2D eigenvalue weighted by molar-refractivity contribution is 7.80. The highest BCUT2D eigenvalue weighted by Gasteiger charge is 2.13. The average Bonchev–Trinajstić information content (AvgIpc) is 2.37. The van der Waals surface area contributed by atoms with Gasteiger partial charge in [0, 0.05) is 5.69 Å². The third-order valence-electron chi connectivity index (χ3n) is 3.02. The van der Waals surface area contributed by atoms with E-state index in [9.17, 15) is 0 Å². The molecule has 0 aliphatic heterocycles. The molecule has 0 radical (unpaired) electrons. The van der Waals surface area contributed by atoms with Gasteiger partial charge in [-0.1, -0.05) is 45.1 Å². The zero-order valence-electron chi connectivity index (χ0n) is 12.7. The van der Waals surface area contributed by atoms with E-state index < -0.39 is 0 Å². The molecule has 2 aromatic rings. The van der Waals surface area contributed by atoms with Gasteiger partial charge in [0.1, 0.15) is 16.4 Å². The molecular formula is C16H19N3OS. The molecule has 1 aromatic heterocycles. The number of rotatable bonds is 3. The Morgan fingerprint density at radius 1 is 1.14 bits per heavy atom. The summed E-state index contributed by atoms with van der Waals surface area (Å²) >= 11 is 4.94. The minimum Gasteiger partial charge on any atom is -0.424 e. The minimum absolute atomic E-state index is 0.108. The quantitative estimate of drug-likeness (QED) is 0.879. The maximum Gasteiger partial charge on any atom is 0.322 e. The van der Waals surface area contributed by atoms with Crippen LogP contribution in [0.2, 0.25) is 0 Å². The lowest BCUT2D eigenvalue weighted by molar-refractivity contribution is 0.439. The van der Waals surface area contributed by atoms with Gasteiger partial charge in [-0.25, -0.2) is 4.98 Å². The van der Waals surface area contributed by atoms with E-state index in [1.165, 1.54) is 5.56 Å². The van der Waals surface area contributed by atoms with Crippen molar-refractivity contribution in [1.82, 2.24) is 9.97 Å². The van der Waals surface area contributed by atoms with Crippen molar-refractivity contribution in [1.29, 1.82) is 0 Å². The van der Waals surface area contributed by atoms with Gasteiger partial charge in [-0.15, -0.1) is 0 Å². The van der Waals surface area contributed by atoms with Crippen LogP contribution in [0.5, 0.6) is 11.8 Å². The molecule has 110 valence electrons. The highest BCUT2D eigenvalue weighted by atomic mass is 32.1. The van der Waals surface area contributed by atoms with Crippen LogP contribution in [-0.4, -0.2) is 15.0 Å². The maximum absolute atomic E-state index is 5.68. The zero-order valence-corrected chi connectivity index (χ0v) is 13.5. The second-order valence-electron chi connectivity index (χ2n) is 5.92. The summed E-state index contributed by atoms with van der Waals surface area (Å²) in [6.07, 6.45) is 0. The summed E-state index contributed by atoms with van der Waals surface area (Å²) in [4.78, 5) is 8.66. The molecule has 4 nitrogen and oxygen atoms in total. The van der Waals surface area contributed by atoms with Crippen LogP contribution in [0, 0.1) is 6.92 Å². The van der Waals surface area contributed by atoms with Gasteiger partial charge >= 0.3 is 6.01 Å². The first kappa shape index (κ1) is 15.4. The van der Waals surface area contributed by atoms with Crippen LogP contribution in [-0.2, 0) is 5.41 Å². The second kappa shape index (κ2) is 5.77. The van der Waals surface area contributed by atoms with Crippen molar-refractivity contribution < 1.29 is 4.74 Å². The Labute approximate surface area is 130 Å². The summed E-state index contributed by atoms with van der Waals surface area (Å²) in [6, 6.07) is 9.89. The minimum atomic E-state index is 0.108. The SMILES string of the molecule is Cc1cc(C(N)=S)nc(Oc2ccc(C(C)(C)C)cc2)n1. The monoisotopic (exact) mass is 301 g/mol. The van der Waals surface area contributed by atoms with Gasteiger partial charge in [0.05, 0.1) is 0 Å². The van der Waals surface area contributed by atoms with Crippen molar-refractivity contribution >= 4 is 17.2 Å². The van der Waals surface area contributed by atoms with Gasteiger partial charge < -0.3 is 10.5 Å². The topological polar surface area (TPSA) is 61.0 Å². The van der Waals surface area contributed by atoms with Crippen molar-refractivity contribution in [3.63, 3.8) is 0 Å². The van der Waals surface area contributed by atoms with Crippen molar-refractivity contribution in [2.45, 2.75) is 33.1 Å². The normalized spacial score (nSPS) is 11.2. The molecule has 0 aliphatic rings. The Kier molecular flexibility index (Phi) is 4.23. The molecule has 0 fully saturated rings. The van der Waals surface area contributed by atoms with Crippen LogP contribution < -0.4 is 10.5 Å². The van der Waals surface area contributed by atoms with Crippen molar-refractivity contribution in [3.05, 3.63) is 47.3 Å². The van der Waals surface area contributed by atoms with Gasteiger partial charge in [-0.05, 0) is 36.1 Å². The summed E-state index contributed by atoms with van der Waals surface area (Å²) in [7, 11) is 0. The zero-order chi connectivity index (χ0) is 15.6. The van der Waals surface area contributed by atoms with E-state index in [1.807, 2.05) is 31.2 Å². The van der Waals surface area contributed by atoms with E-state index in [-0.39, 0.29) is 16.4 Å². The molecule has 21 heavy (non-hydrogen) atoms. The van der Waals surface area contributed by atoms with Crippen LogP contribution in [0.3, 0.4) is 0 Å². The predicted octanol–water partition coefficient (Wildman–Crippen LogP) is 3.51. The summed E-state index contributed by atoms with van der Waals surface area (Å²) < 4.78 is 5.68. The Bertz CT molecular complexity index is 660. The predicted molar refractivity (Wildman–Crippen MR) is 87.9 cm³/mol. The average molecular weight is 301 g/mol. The summed E-state index contributed by atoms with van der Waals surface area (Å²) in [5.74, 6) is 0.683. The number of aromatic nitrogens is 2. The largest absolute Gasteiger partial charge is 0.424 e. The Balaban J connectivity index is 2.24. The van der Waals surface area contributed by atoms with E-state index in [1.54, 1.807) is 6.07 Å². The molecular weight excluding hydrogens is 282 g/mol. The smallest absolute Gasteiger partial charge is 0.322 e. The fraction of sp³-hybridized carbons (Fsp3) is 0.312. The van der Waals surface area contributed by atoms with Crippen LogP contribution in [0.1, 0.15) is 37.7 Å². The van der Waals surface area contributed by atoms with Crippen LogP contribution >= 0.6 is 12.2 Å². The molecule has 0 spiro atoms. The van der Waals surface area contributed by atoms with E-state index in [0.29, 0.717) is 11.4 Å². The number of benzene rings is 1. The van der Waals surface area contributed by atoms with Crippen LogP contribution in [0.4, 0.5) is 0 Å². The third-order valence-corrected chi connectivity index (χ3v) is 3.22. The maximum atomic E-state index is 5.68. The number of nitrogens with zero attached hydrogens (tertiary/aromatic N) is 2. The summed E-state index contributed by atoms with van der Waals surface area (Å²) in [6.45, 7) is 8.35. The van der Waals surface area contributed by atoms with Gasteiger partial charge in [0.15, 0.2) is 0 Å². The van der Waals surface area contributed by atoms with E-state index >= 15 is 0 Å². The first-order chi connectivity index (χ1) is 9.75. The summed E-state index contributed by atoms with van der Waals surface area (Å²) in [5, 5.41) is 0. The first-order valence-electron chi connectivity index (χ1n) is 6.69. The van der Waals surface area contributed by atoms with E-state index in [0.717, 1.165) is 5.69 Å². The van der Waals surface area contributed by atoms with Crippen molar-refractivity contribution in [2.24, 2.45) is 5.73 Å². The Morgan fingerprint density at radius 3 is 2.29 bits per heavy atom.